The number of rotatable bonds is 6. The topological polar surface area (TPSA) is 96.8 Å². The molecule has 8 nitrogen and oxygen atoms in total. The Morgan fingerprint density at radius 2 is 1.78 bits per heavy atom. The molecule has 0 amide bonds. The molecule has 10 heteroatoms. The third kappa shape index (κ3) is 4.56. The Labute approximate surface area is 221 Å². The van der Waals surface area contributed by atoms with Gasteiger partial charge in [-0.25, -0.2) is 8.68 Å². The first kappa shape index (κ1) is 25.5. The molecule has 1 aliphatic carbocycles. The van der Waals surface area contributed by atoms with E-state index in [0.29, 0.717) is 38.8 Å². The van der Waals surface area contributed by atoms with Gasteiger partial charge in [-0.15, -0.1) is 0 Å². The fourth-order valence-electron chi connectivity index (χ4n) is 5.93. The largest absolute Gasteiger partial charge is 0.511 e. The summed E-state index contributed by atoms with van der Waals surface area (Å²) < 4.78 is 33.7. The first-order chi connectivity index (χ1) is 17.7. The SMILES string of the molecule is C[N+](C1CCN(c2ccncc2)CC1)([C@@H]1CCc2ccc(OC(=O)O)cc21)S(=O)(=O)c1ccccc1Cl. The van der Waals surface area contributed by atoms with Crippen LogP contribution in [0, 0.1) is 0 Å². The molecule has 1 N–H and O–H groups in total. The Hall–Kier alpha value is -3.14. The third-order valence-electron chi connectivity index (χ3n) is 7.84. The molecule has 1 aromatic heterocycles. The summed E-state index contributed by atoms with van der Waals surface area (Å²) in [6.07, 6.45) is 4.77. The minimum Gasteiger partial charge on any atom is -0.449 e. The number of aryl methyl sites for hydroxylation is 1. The molecular weight excluding hydrogens is 514 g/mol. The number of nitrogens with zero attached hydrogens (tertiary/aromatic N) is 3. The molecular formula is C27H29ClN3O5S+. The second-order valence-corrected chi connectivity index (χ2v) is 12.3. The van der Waals surface area contributed by atoms with Crippen LogP contribution in [0.2, 0.25) is 5.02 Å². The van der Waals surface area contributed by atoms with Gasteiger partial charge in [0.15, 0.2) is 0 Å². The predicted octanol–water partition coefficient (Wildman–Crippen LogP) is 5.28. The summed E-state index contributed by atoms with van der Waals surface area (Å²) in [7, 11) is -2.15. The zero-order valence-corrected chi connectivity index (χ0v) is 22.0. The number of sulfonamides is 1. The maximum Gasteiger partial charge on any atom is 0.511 e. The average molecular weight is 543 g/mol. The second-order valence-electron chi connectivity index (χ2n) is 9.67. The number of ether oxygens (including phenoxy) is 1. The Bertz CT molecular complexity index is 1410. The zero-order chi connectivity index (χ0) is 26.2. The van der Waals surface area contributed by atoms with Crippen LogP contribution in [-0.4, -0.2) is 54.7 Å². The van der Waals surface area contributed by atoms with Crippen molar-refractivity contribution in [3.05, 3.63) is 83.1 Å². The first-order valence-electron chi connectivity index (χ1n) is 12.3. The van der Waals surface area contributed by atoms with E-state index in [1.165, 1.54) is 0 Å². The van der Waals surface area contributed by atoms with Crippen molar-refractivity contribution in [3.63, 3.8) is 0 Å². The van der Waals surface area contributed by atoms with E-state index < -0.39 is 22.2 Å². The molecule has 194 valence electrons. The van der Waals surface area contributed by atoms with Gasteiger partial charge in [-0.05, 0) is 48.4 Å². The minimum absolute atomic E-state index is 0.113. The number of hydrogen-bond donors (Lipinski definition) is 1. The van der Waals surface area contributed by atoms with Gasteiger partial charge in [0.1, 0.15) is 22.7 Å². The van der Waals surface area contributed by atoms with Gasteiger partial charge in [-0.1, -0.05) is 29.8 Å². The van der Waals surface area contributed by atoms with E-state index in [4.69, 9.17) is 21.4 Å². The van der Waals surface area contributed by atoms with E-state index in [1.54, 1.807) is 55.8 Å². The molecule has 2 heterocycles. The summed E-state index contributed by atoms with van der Waals surface area (Å²) in [6, 6.07) is 15.1. The highest BCUT2D eigenvalue weighted by Crippen LogP contribution is 2.48. The third-order valence-corrected chi connectivity index (χ3v) is 10.8. The highest BCUT2D eigenvalue weighted by molar-refractivity contribution is 7.86. The van der Waals surface area contributed by atoms with Crippen LogP contribution in [0.4, 0.5) is 10.5 Å². The Kier molecular flexibility index (Phi) is 6.87. The van der Waals surface area contributed by atoms with Crippen LogP contribution >= 0.6 is 11.6 Å². The fraction of sp³-hybridized carbons (Fsp3) is 0.333. The lowest BCUT2D eigenvalue weighted by atomic mass is 9.98. The van der Waals surface area contributed by atoms with E-state index in [1.807, 2.05) is 18.2 Å². The summed E-state index contributed by atoms with van der Waals surface area (Å²) >= 11 is 6.46. The van der Waals surface area contributed by atoms with Crippen molar-refractivity contribution in [1.82, 2.24) is 4.98 Å². The number of carbonyl (C=O) groups is 1. The summed E-state index contributed by atoms with van der Waals surface area (Å²) in [6.45, 7) is 1.42. The lowest BCUT2D eigenvalue weighted by Gasteiger charge is -2.47. The van der Waals surface area contributed by atoms with Crippen molar-refractivity contribution in [1.29, 1.82) is 0 Å². The predicted molar refractivity (Wildman–Crippen MR) is 140 cm³/mol. The van der Waals surface area contributed by atoms with Crippen molar-refractivity contribution in [2.45, 2.75) is 42.7 Å². The van der Waals surface area contributed by atoms with Crippen molar-refractivity contribution in [3.8, 4) is 5.75 Å². The number of carboxylic acid groups (broad SMARTS) is 1. The van der Waals surface area contributed by atoms with Gasteiger partial charge in [-0.2, -0.15) is 8.42 Å². The second kappa shape index (κ2) is 9.96. The lowest BCUT2D eigenvalue weighted by molar-refractivity contribution is -0.846. The molecule has 1 unspecified atom stereocenters. The normalized spacial score (nSPS) is 19.7. The fourth-order valence-corrected chi connectivity index (χ4v) is 8.51. The monoisotopic (exact) mass is 542 g/mol. The summed E-state index contributed by atoms with van der Waals surface area (Å²) in [4.78, 5) is 17.6. The maximum atomic E-state index is 14.5. The molecule has 1 aliphatic heterocycles. The molecule has 2 aromatic carbocycles. The van der Waals surface area contributed by atoms with Crippen LogP contribution in [0.15, 0.2) is 71.9 Å². The molecule has 0 saturated carbocycles. The number of benzene rings is 2. The molecule has 1 saturated heterocycles. The smallest absolute Gasteiger partial charge is 0.449 e. The molecule has 0 spiro atoms. The summed E-state index contributed by atoms with van der Waals surface area (Å²) in [5, 5.41) is 9.32. The number of hydrogen-bond acceptors (Lipinski definition) is 6. The number of piperidine rings is 1. The van der Waals surface area contributed by atoms with E-state index in [0.717, 1.165) is 16.8 Å². The van der Waals surface area contributed by atoms with Crippen molar-refractivity contribution >= 4 is 33.5 Å². The van der Waals surface area contributed by atoms with E-state index in [-0.39, 0.29) is 25.6 Å². The number of aromatic nitrogens is 1. The average Bonchev–Trinajstić information content (AvgIpc) is 3.32. The Morgan fingerprint density at radius 1 is 1.08 bits per heavy atom. The van der Waals surface area contributed by atoms with Gasteiger partial charge >= 0.3 is 16.2 Å². The molecule has 1 fully saturated rings. The molecule has 3 aromatic rings. The zero-order valence-electron chi connectivity index (χ0n) is 20.5. The van der Waals surface area contributed by atoms with Gasteiger partial charge in [0.2, 0.25) is 0 Å². The molecule has 0 bridgehead atoms. The number of pyridine rings is 1. The van der Waals surface area contributed by atoms with E-state index >= 15 is 0 Å². The molecule has 2 atom stereocenters. The van der Waals surface area contributed by atoms with Crippen molar-refractivity contribution < 1.29 is 26.9 Å². The van der Waals surface area contributed by atoms with Gasteiger partial charge in [0.05, 0.1) is 12.1 Å². The summed E-state index contributed by atoms with van der Waals surface area (Å²) in [5.74, 6) is 0.187. The van der Waals surface area contributed by atoms with Crippen LogP contribution in [-0.2, 0) is 16.4 Å². The van der Waals surface area contributed by atoms with Gasteiger partial charge in [-0.3, -0.25) is 4.98 Å². The van der Waals surface area contributed by atoms with Crippen LogP contribution < -0.4 is 9.64 Å². The van der Waals surface area contributed by atoms with Crippen LogP contribution in [0.3, 0.4) is 0 Å². The molecule has 37 heavy (non-hydrogen) atoms. The van der Waals surface area contributed by atoms with E-state index in [9.17, 15) is 13.2 Å². The quantitative estimate of drug-likeness (QED) is 0.257. The number of halogens is 1. The number of fused-ring (bicyclic) bond motifs is 1. The number of quaternary nitrogens is 1. The Morgan fingerprint density at radius 3 is 2.46 bits per heavy atom. The highest BCUT2D eigenvalue weighted by Gasteiger charge is 2.54. The van der Waals surface area contributed by atoms with Crippen LogP contribution in [0.5, 0.6) is 5.75 Å². The molecule has 5 rings (SSSR count). The lowest BCUT2D eigenvalue weighted by Crippen LogP contribution is -2.60. The van der Waals surface area contributed by atoms with Crippen molar-refractivity contribution in [2.24, 2.45) is 0 Å². The Balaban J connectivity index is 1.57. The standard InChI is InChI=1S/C27H28ClN3O5S/c1-31(37(34,35)26-5-3-2-4-24(26)28,21-12-16-30(17-13-21)20-10-14-29-15-11-20)25-9-7-19-6-8-22(18-23(19)25)36-27(32)33/h2-6,8,10-11,14-15,18,21,25H,7,9,12-13,16-17H2,1H3/p+1/t25-,31?/m1/s1. The maximum absolute atomic E-state index is 14.5. The van der Waals surface area contributed by atoms with Gasteiger partial charge < -0.3 is 14.7 Å². The molecule has 2 aliphatic rings. The van der Waals surface area contributed by atoms with Crippen molar-refractivity contribution in [2.75, 3.05) is 25.0 Å². The van der Waals surface area contributed by atoms with Crippen LogP contribution in [0.25, 0.3) is 0 Å². The van der Waals surface area contributed by atoms with Crippen LogP contribution in [0.1, 0.15) is 36.4 Å². The first-order valence-corrected chi connectivity index (χ1v) is 14.1. The summed E-state index contributed by atoms with van der Waals surface area (Å²) in [5.41, 5.74) is 2.89. The van der Waals surface area contributed by atoms with E-state index in [2.05, 4.69) is 9.88 Å². The van der Waals surface area contributed by atoms with Gasteiger partial charge in [0.25, 0.3) is 0 Å². The minimum atomic E-state index is -3.96. The molecule has 0 radical (unpaired) electrons. The highest BCUT2D eigenvalue weighted by atomic mass is 35.5. The number of anilines is 1. The van der Waals surface area contributed by atoms with Gasteiger partial charge in [0, 0.05) is 56.0 Å².